The molecule has 7 aromatic rings. The van der Waals surface area contributed by atoms with Crippen LogP contribution in [0.4, 0.5) is 0 Å². The minimum Gasteiger partial charge on any atom is -0.308 e. The maximum Gasteiger partial charge on any atom is 0.159 e. The van der Waals surface area contributed by atoms with E-state index < -0.39 is 0 Å². The Morgan fingerprint density at radius 1 is 0.511 bits per heavy atom. The predicted molar refractivity (Wildman–Crippen MR) is 181 cm³/mol. The molecule has 0 N–H and O–H groups in total. The molecule has 0 amide bonds. The van der Waals surface area contributed by atoms with Gasteiger partial charge < -0.3 is 4.57 Å². The summed E-state index contributed by atoms with van der Waals surface area (Å²) in [5.41, 5.74) is 13.9. The fourth-order valence-corrected chi connectivity index (χ4v) is 6.41. The second kappa shape index (κ2) is 10.9. The zero-order valence-corrected chi connectivity index (χ0v) is 25.6. The molecule has 0 spiro atoms. The first kappa shape index (κ1) is 27.8. The lowest BCUT2D eigenvalue weighted by Crippen LogP contribution is -1.99. The first-order valence-electron chi connectivity index (χ1n) is 14.8. The van der Waals surface area contributed by atoms with E-state index in [-0.39, 0.29) is 0 Å². The average Bonchev–Trinajstić information content (AvgIpc) is 3.36. The van der Waals surface area contributed by atoms with Crippen LogP contribution in [0, 0.1) is 50.4 Å². The Balaban J connectivity index is 1.50. The third-order valence-electron chi connectivity index (χ3n) is 8.27. The Bertz CT molecular complexity index is 2230. The molecule has 0 saturated carbocycles. The fourth-order valence-electron chi connectivity index (χ4n) is 6.41. The first-order valence-corrected chi connectivity index (χ1v) is 14.8. The summed E-state index contributed by atoms with van der Waals surface area (Å²) in [6, 6.07) is 36.7. The summed E-state index contributed by atoms with van der Waals surface area (Å²) in [6.07, 6.45) is 3.00. The molecule has 0 unspecified atom stereocenters. The molecule has 214 valence electrons. The fraction of sp³-hybridized carbons (Fsp3) is 0.100. The molecule has 5 nitrogen and oxygen atoms in total. The number of nitriles is 2. The third kappa shape index (κ3) is 5.01. The highest BCUT2D eigenvalue weighted by atomic mass is 15.0. The summed E-state index contributed by atoms with van der Waals surface area (Å²) in [7, 11) is 0. The van der Waals surface area contributed by atoms with Crippen LogP contribution in [0.2, 0.25) is 0 Å². The molecule has 0 atom stereocenters. The quantitative estimate of drug-likeness (QED) is 0.208. The first-order chi connectivity index (χ1) is 21.8. The van der Waals surface area contributed by atoms with Crippen molar-refractivity contribution in [3.63, 3.8) is 0 Å². The SMILES string of the molecule is Cc1cc(C)cc(-c2ccc3c4ccc(-c5cc(C)cc(C)c5)cc4n(-c4ccc(-c5ncc(C#N)cn5)cc4C#N)c3c2)c1. The topological polar surface area (TPSA) is 78.3 Å². The lowest BCUT2D eigenvalue weighted by Gasteiger charge is -2.13. The van der Waals surface area contributed by atoms with Crippen LogP contribution in [0.15, 0.2) is 103 Å². The van der Waals surface area contributed by atoms with Crippen molar-refractivity contribution < 1.29 is 0 Å². The molecule has 0 saturated heterocycles. The average molecular weight is 580 g/mol. The normalized spacial score (nSPS) is 11.1. The summed E-state index contributed by atoms with van der Waals surface area (Å²) in [4.78, 5) is 8.71. The Morgan fingerprint density at radius 2 is 1.00 bits per heavy atom. The predicted octanol–water partition coefficient (Wildman–Crippen LogP) is 9.55. The second-order valence-corrected chi connectivity index (χ2v) is 11.8. The molecule has 0 aliphatic rings. The summed E-state index contributed by atoms with van der Waals surface area (Å²) < 4.78 is 2.21. The van der Waals surface area contributed by atoms with Gasteiger partial charge in [0, 0.05) is 28.7 Å². The summed E-state index contributed by atoms with van der Waals surface area (Å²) in [5.74, 6) is 0.466. The van der Waals surface area contributed by atoms with E-state index in [4.69, 9.17) is 5.26 Å². The van der Waals surface area contributed by atoms with E-state index in [0.717, 1.165) is 49.7 Å². The largest absolute Gasteiger partial charge is 0.308 e. The summed E-state index contributed by atoms with van der Waals surface area (Å²) in [5, 5.41) is 21.9. The number of benzene rings is 5. The van der Waals surface area contributed by atoms with Crippen molar-refractivity contribution in [2.75, 3.05) is 0 Å². The lowest BCUT2D eigenvalue weighted by molar-refractivity contribution is 1.14. The lowest BCUT2D eigenvalue weighted by atomic mass is 9.98. The van der Waals surface area contributed by atoms with Crippen molar-refractivity contribution in [2.24, 2.45) is 0 Å². The summed E-state index contributed by atoms with van der Waals surface area (Å²) in [6.45, 7) is 8.50. The van der Waals surface area contributed by atoms with Crippen LogP contribution in [0.5, 0.6) is 0 Å². The van der Waals surface area contributed by atoms with Crippen molar-refractivity contribution in [1.29, 1.82) is 10.5 Å². The zero-order chi connectivity index (χ0) is 31.2. The molecule has 0 aliphatic heterocycles. The molecule has 7 rings (SSSR count). The molecule has 0 aliphatic carbocycles. The van der Waals surface area contributed by atoms with Crippen LogP contribution in [-0.2, 0) is 0 Å². The highest BCUT2D eigenvalue weighted by Crippen LogP contribution is 2.38. The Labute approximate surface area is 262 Å². The van der Waals surface area contributed by atoms with E-state index in [1.54, 1.807) is 0 Å². The number of fused-ring (bicyclic) bond motifs is 3. The van der Waals surface area contributed by atoms with Gasteiger partial charge in [0.1, 0.15) is 12.1 Å². The Hall–Kier alpha value is -6.04. The van der Waals surface area contributed by atoms with Gasteiger partial charge in [0.15, 0.2) is 5.82 Å². The number of aryl methyl sites for hydroxylation is 4. The van der Waals surface area contributed by atoms with E-state index in [1.807, 2.05) is 18.2 Å². The van der Waals surface area contributed by atoms with Crippen LogP contribution in [-0.4, -0.2) is 14.5 Å². The van der Waals surface area contributed by atoms with E-state index >= 15 is 0 Å². The van der Waals surface area contributed by atoms with Crippen molar-refractivity contribution in [3.8, 4) is 51.5 Å². The molecular weight excluding hydrogens is 550 g/mol. The smallest absolute Gasteiger partial charge is 0.159 e. The van der Waals surface area contributed by atoms with Crippen LogP contribution in [0.1, 0.15) is 33.4 Å². The molecular formula is C40H29N5. The van der Waals surface area contributed by atoms with Crippen LogP contribution in [0.3, 0.4) is 0 Å². The van der Waals surface area contributed by atoms with Gasteiger partial charge in [-0.1, -0.05) is 82.9 Å². The van der Waals surface area contributed by atoms with Crippen molar-refractivity contribution >= 4 is 21.8 Å². The number of hydrogen-bond donors (Lipinski definition) is 0. The minimum atomic E-state index is 0.389. The van der Waals surface area contributed by atoms with Gasteiger partial charge in [0.2, 0.25) is 0 Å². The highest BCUT2D eigenvalue weighted by Gasteiger charge is 2.18. The van der Waals surface area contributed by atoms with Gasteiger partial charge in [0.05, 0.1) is 27.8 Å². The van der Waals surface area contributed by atoms with Crippen LogP contribution < -0.4 is 0 Å². The van der Waals surface area contributed by atoms with E-state index in [1.165, 1.54) is 34.6 Å². The highest BCUT2D eigenvalue weighted by molar-refractivity contribution is 6.11. The van der Waals surface area contributed by atoms with E-state index in [9.17, 15) is 5.26 Å². The van der Waals surface area contributed by atoms with Crippen molar-refractivity contribution in [3.05, 3.63) is 137 Å². The van der Waals surface area contributed by atoms with Crippen molar-refractivity contribution in [2.45, 2.75) is 27.7 Å². The zero-order valence-electron chi connectivity index (χ0n) is 25.6. The molecule has 2 heterocycles. The molecule has 0 radical (unpaired) electrons. The van der Waals surface area contributed by atoms with Gasteiger partial charge in [-0.3, -0.25) is 0 Å². The molecule has 2 aromatic heterocycles. The summed E-state index contributed by atoms with van der Waals surface area (Å²) >= 11 is 0. The second-order valence-electron chi connectivity index (χ2n) is 11.8. The van der Waals surface area contributed by atoms with Gasteiger partial charge in [-0.25, -0.2) is 9.97 Å². The number of aromatic nitrogens is 3. The Morgan fingerprint density at radius 3 is 1.47 bits per heavy atom. The Kier molecular flexibility index (Phi) is 6.73. The number of hydrogen-bond acceptors (Lipinski definition) is 4. The van der Waals surface area contributed by atoms with Crippen molar-refractivity contribution in [1.82, 2.24) is 14.5 Å². The monoisotopic (exact) mass is 579 g/mol. The standard InChI is InChI=1S/C40H29N5/c1-24-11-25(2)14-32(13-24)29-5-8-35-36-9-6-30(33-15-26(3)12-27(4)16-33)19-39(36)45(38(35)18-29)37-10-7-31(17-34(37)21-42)40-43-22-28(20-41)23-44-40/h5-19,22-23H,1-4H3. The molecule has 0 fully saturated rings. The third-order valence-corrected chi connectivity index (χ3v) is 8.27. The minimum absolute atomic E-state index is 0.389. The molecule has 0 bridgehead atoms. The van der Waals surface area contributed by atoms with E-state index in [0.29, 0.717) is 22.5 Å². The van der Waals surface area contributed by atoms with Gasteiger partial charge in [-0.2, -0.15) is 10.5 Å². The van der Waals surface area contributed by atoms with Gasteiger partial charge in [-0.05, 0) is 80.3 Å². The maximum absolute atomic E-state index is 10.5. The molecule has 5 aromatic carbocycles. The van der Waals surface area contributed by atoms with Gasteiger partial charge in [-0.15, -0.1) is 0 Å². The maximum atomic E-state index is 10.5. The van der Waals surface area contributed by atoms with Crippen LogP contribution in [0.25, 0.3) is 61.1 Å². The molecule has 5 heteroatoms. The number of rotatable bonds is 4. The van der Waals surface area contributed by atoms with E-state index in [2.05, 4.69) is 127 Å². The number of nitrogens with zero attached hydrogens (tertiary/aromatic N) is 5. The van der Waals surface area contributed by atoms with Gasteiger partial charge >= 0.3 is 0 Å². The molecule has 45 heavy (non-hydrogen) atoms. The van der Waals surface area contributed by atoms with Gasteiger partial charge in [0.25, 0.3) is 0 Å². The van der Waals surface area contributed by atoms with Crippen LogP contribution >= 0.6 is 0 Å².